The van der Waals surface area contributed by atoms with Gasteiger partial charge in [0.1, 0.15) is 5.82 Å². The Kier molecular flexibility index (Phi) is 4.29. The molecule has 134 valence electrons. The van der Waals surface area contributed by atoms with E-state index in [-0.39, 0.29) is 11.6 Å². The van der Waals surface area contributed by atoms with Gasteiger partial charge in [0.2, 0.25) is 5.60 Å². The number of oxime groups is 1. The number of nitrogens with zero attached hydrogens (tertiary/aromatic N) is 2. The second kappa shape index (κ2) is 6.49. The summed E-state index contributed by atoms with van der Waals surface area (Å²) < 4.78 is 13.9. The summed E-state index contributed by atoms with van der Waals surface area (Å²) >= 11 is 6.00. The topological polar surface area (TPSA) is 41.9 Å². The molecule has 0 unspecified atom stereocenters. The van der Waals surface area contributed by atoms with Crippen LogP contribution in [0.25, 0.3) is 0 Å². The van der Waals surface area contributed by atoms with E-state index in [9.17, 15) is 9.18 Å². The largest absolute Gasteiger partial charge is 0.378 e. The van der Waals surface area contributed by atoms with Crippen LogP contribution >= 0.6 is 11.6 Å². The minimum absolute atomic E-state index is 0.00225. The van der Waals surface area contributed by atoms with Crippen LogP contribution in [0.5, 0.6) is 0 Å². The van der Waals surface area contributed by atoms with E-state index < -0.39 is 11.5 Å². The normalized spacial score (nSPS) is 26.0. The molecule has 26 heavy (non-hydrogen) atoms. The molecule has 0 saturated carbocycles. The van der Waals surface area contributed by atoms with Crippen molar-refractivity contribution in [3.63, 3.8) is 0 Å². The average Bonchev–Trinajstić information content (AvgIpc) is 2.99. The van der Waals surface area contributed by atoms with Crippen molar-refractivity contribution in [1.82, 2.24) is 4.90 Å². The number of Topliss-reactive ketones (excluding diaryl/α,β-unsaturated/α-hetero) is 1. The highest BCUT2D eigenvalue weighted by Crippen LogP contribution is 2.43. The standard InChI is InChI=1S/C20H18ClFN2O2/c1-24-10-9-17(25)20(12-24)18(14-3-2-4-16(22)11-14)19(23-26-20)13-5-7-15(21)8-6-13/h2-8,11,18H,9-10,12H2,1H3/t18-,20+/m0/s1. The first kappa shape index (κ1) is 17.2. The van der Waals surface area contributed by atoms with Crippen LogP contribution in [-0.4, -0.2) is 42.1 Å². The predicted octanol–water partition coefficient (Wildman–Crippen LogP) is 3.64. The van der Waals surface area contributed by atoms with Gasteiger partial charge >= 0.3 is 0 Å². The summed E-state index contributed by atoms with van der Waals surface area (Å²) in [5.74, 6) is -0.830. The van der Waals surface area contributed by atoms with Gasteiger partial charge in [-0.3, -0.25) is 4.79 Å². The molecule has 0 amide bonds. The number of carbonyl (C=O) groups is 1. The molecule has 2 aromatic carbocycles. The van der Waals surface area contributed by atoms with Gasteiger partial charge in [0.05, 0.1) is 11.6 Å². The minimum Gasteiger partial charge on any atom is -0.378 e. The highest BCUT2D eigenvalue weighted by Gasteiger charge is 2.57. The molecule has 1 spiro atoms. The molecule has 0 radical (unpaired) electrons. The third-order valence-corrected chi connectivity index (χ3v) is 5.32. The number of hydrogen-bond acceptors (Lipinski definition) is 4. The zero-order valence-corrected chi connectivity index (χ0v) is 15.0. The summed E-state index contributed by atoms with van der Waals surface area (Å²) in [6, 6.07) is 13.5. The molecular weight excluding hydrogens is 355 g/mol. The molecule has 1 saturated heterocycles. The van der Waals surface area contributed by atoms with Gasteiger partial charge in [-0.2, -0.15) is 0 Å². The summed E-state index contributed by atoms with van der Waals surface area (Å²) in [6.07, 6.45) is 0.381. The molecule has 2 heterocycles. The molecule has 2 aliphatic rings. The van der Waals surface area contributed by atoms with E-state index in [1.54, 1.807) is 18.2 Å². The van der Waals surface area contributed by atoms with Crippen LogP contribution in [0.3, 0.4) is 0 Å². The smallest absolute Gasteiger partial charge is 0.220 e. The van der Waals surface area contributed by atoms with Crippen molar-refractivity contribution in [2.45, 2.75) is 17.9 Å². The van der Waals surface area contributed by atoms with Gasteiger partial charge in [-0.15, -0.1) is 0 Å². The molecule has 0 aromatic heterocycles. The SMILES string of the molecule is CN1CCC(=O)[C@@]2(C1)ON=C(c1ccc(Cl)cc1)[C@@H]2c1cccc(F)c1. The lowest BCUT2D eigenvalue weighted by Crippen LogP contribution is -2.57. The van der Waals surface area contributed by atoms with Crippen molar-refractivity contribution in [2.24, 2.45) is 5.16 Å². The van der Waals surface area contributed by atoms with E-state index in [1.807, 2.05) is 30.1 Å². The zero-order valence-electron chi connectivity index (χ0n) is 14.3. The van der Waals surface area contributed by atoms with E-state index in [0.717, 1.165) is 5.56 Å². The van der Waals surface area contributed by atoms with E-state index in [4.69, 9.17) is 16.4 Å². The third-order valence-electron chi connectivity index (χ3n) is 5.07. The number of rotatable bonds is 2. The number of likely N-dealkylation sites (N-methyl/N-ethyl adjacent to an activating group) is 1. The van der Waals surface area contributed by atoms with Gasteiger partial charge in [0.25, 0.3) is 0 Å². The van der Waals surface area contributed by atoms with E-state index in [0.29, 0.717) is 35.8 Å². The van der Waals surface area contributed by atoms with E-state index in [1.165, 1.54) is 12.1 Å². The van der Waals surface area contributed by atoms with Crippen molar-refractivity contribution in [3.05, 3.63) is 70.5 Å². The Labute approximate surface area is 156 Å². The number of benzene rings is 2. The van der Waals surface area contributed by atoms with Crippen molar-refractivity contribution < 1.29 is 14.0 Å². The van der Waals surface area contributed by atoms with E-state index in [2.05, 4.69) is 5.16 Å². The van der Waals surface area contributed by atoms with Crippen LogP contribution in [0.2, 0.25) is 5.02 Å². The summed E-state index contributed by atoms with van der Waals surface area (Å²) in [5.41, 5.74) is 0.979. The molecule has 4 rings (SSSR count). The molecule has 0 aliphatic carbocycles. The molecule has 0 N–H and O–H groups in total. The quantitative estimate of drug-likeness (QED) is 0.808. The molecule has 0 bridgehead atoms. The van der Waals surface area contributed by atoms with Crippen LogP contribution in [-0.2, 0) is 9.63 Å². The summed E-state index contributed by atoms with van der Waals surface area (Å²) in [5, 5.41) is 4.90. The Morgan fingerprint density at radius 2 is 2.04 bits per heavy atom. The molecule has 4 nitrogen and oxygen atoms in total. The maximum absolute atomic E-state index is 13.9. The summed E-state index contributed by atoms with van der Waals surface area (Å²) in [7, 11) is 1.94. The maximum atomic E-state index is 13.9. The Morgan fingerprint density at radius 3 is 2.77 bits per heavy atom. The van der Waals surface area contributed by atoms with Crippen LogP contribution in [0.15, 0.2) is 53.7 Å². The number of piperidine rings is 1. The number of likely N-dealkylation sites (tertiary alicyclic amines) is 1. The van der Waals surface area contributed by atoms with Gasteiger partial charge in [-0.25, -0.2) is 4.39 Å². The van der Waals surface area contributed by atoms with Crippen molar-refractivity contribution in [3.8, 4) is 0 Å². The van der Waals surface area contributed by atoms with Gasteiger partial charge in [0.15, 0.2) is 5.78 Å². The molecule has 2 atom stereocenters. The Hall–Kier alpha value is -2.24. The number of ketones is 1. The second-order valence-electron chi connectivity index (χ2n) is 6.86. The first-order valence-electron chi connectivity index (χ1n) is 8.49. The maximum Gasteiger partial charge on any atom is 0.220 e. The van der Waals surface area contributed by atoms with Crippen LogP contribution < -0.4 is 0 Å². The fourth-order valence-electron chi connectivity index (χ4n) is 3.81. The van der Waals surface area contributed by atoms with Gasteiger partial charge in [0, 0.05) is 30.1 Å². The van der Waals surface area contributed by atoms with Crippen LogP contribution in [0, 0.1) is 5.82 Å². The molecule has 2 aromatic rings. The monoisotopic (exact) mass is 372 g/mol. The molecule has 6 heteroatoms. The number of halogens is 2. The summed E-state index contributed by atoms with van der Waals surface area (Å²) in [6.45, 7) is 1.09. The Morgan fingerprint density at radius 1 is 1.27 bits per heavy atom. The second-order valence-corrected chi connectivity index (χ2v) is 7.30. The zero-order chi connectivity index (χ0) is 18.3. The summed E-state index contributed by atoms with van der Waals surface area (Å²) in [4.78, 5) is 20.8. The highest BCUT2D eigenvalue weighted by atomic mass is 35.5. The molecule has 1 fully saturated rings. The number of hydrogen-bond donors (Lipinski definition) is 0. The van der Waals surface area contributed by atoms with Gasteiger partial charge < -0.3 is 9.74 Å². The predicted molar refractivity (Wildman–Crippen MR) is 98.1 cm³/mol. The minimum atomic E-state index is -1.13. The third kappa shape index (κ3) is 2.81. The van der Waals surface area contributed by atoms with Crippen LogP contribution in [0.1, 0.15) is 23.5 Å². The van der Waals surface area contributed by atoms with E-state index >= 15 is 0 Å². The van der Waals surface area contributed by atoms with Gasteiger partial charge in [-0.05, 0) is 36.9 Å². The van der Waals surface area contributed by atoms with Crippen LogP contribution in [0.4, 0.5) is 4.39 Å². The lowest BCUT2D eigenvalue weighted by Gasteiger charge is -2.39. The Bertz CT molecular complexity index is 884. The fourth-order valence-corrected chi connectivity index (χ4v) is 3.94. The first-order valence-corrected chi connectivity index (χ1v) is 8.87. The molecule has 2 aliphatic heterocycles. The first-order chi connectivity index (χ1) is 12.5. The Balaban J connectivity index is 1.84. The molecular formula is C20H18ClFN2O2. The lowest BCUT2D eigenvalue weighted by atomic mass is 9.73. The van der Waals surface area contributed by atoms with Crippen molar-refractivity contribution >= 4 is 23.1 Å². The lowest BCUT2D eigenvalue weighted by molar-refractivity contribution is -0.150. The van der Waals surface area contributed by atoms with Gasteiger partial charge in [-0.1, -0.05) is 41.0 Å². The fraction of sp³-hybridized carbons (Fsp3) is 0.300. The number of carbonyl (C=O) groups excluding carboxylic acids is 1. The highest BCUT2D eigenvalue weighted by molar-refractivity contribution is 6.30. The van der Waals surface area contributed by atoms with Crippen molar-refractivity contribution in [2.75, 3.05) is 20.1 Å². The van der Waals surface area contributed by atoms with Crippen molar-refractivity contribution in [1.29, 1.82) is 0 Å². The average molecular weight is 373 g/mol.